The summed E-state index contributed by atoms with van der Waals surface area (Å²) in [5.41, 5.74) is 0.545. The Morgan fingerprint density at radius 3 is 2.41 bits per heavy atom. The fraction of sp³-hybridized carbons (Fsp3) is 0.238. The van der Waals surface area contributed by atoms with E-state index in [9.17, 15) is 14.4 Å². The van der Waals surface area contributed by atoms with E-state index in [1.165, 1.54) is 14.0 Å². The minimum absolute atomic E-state index is 0.0162. The third-order valence-corrected chi connectivity index (χ3v) is 4.43. The summed E-state index contributed by atoms with van der Waals surface area (Å²) < 4.78 is 11.4. The van der Waals surface area contributed by atoms with E-state index in [1.54, 1.807) is 43.5 Å². The number of aromatic nitrogens is 2. The van der Waals surface area contributed by atoms with Gasteiger partial charge in [-0.25, -0.2) is 9.48 Å². The smallest absolute Gasteiger partial charge is 0.360 e. The topological polar surface area (TPSA) is 99.5 Å². The number of esters is 1. The second-order valence-electron chi connectivity index (χ2n) is 6.44. The maximum atomic E-state index is 12.6. The van der Waals surface area contributed by atoms with Gasteiger partial charge in [0.25, 0.3) is 11.5 Å². The van der Waals surface area contributed by atoms with Gasteiger partial charge in [0.2, 0.25) is 0 Å². The van der Waals surface area contributed by atoms with Gasteiger partial charge in [-0.15, -0.1) is 0 Å². The Morgan fingerprint density at radius 1 is 1.10 bits per heavy atom. The first-order chi connectivity index (χ1) is 13.9. The zero-order valence-electron chi connectivity index (χ0n) is 16.3. The number of fused-ring (bicyclic) bond motifs is 1. The lowest BCUT2D eigenvalue weighted by atomic mass is 10.1. The van der Waals surface area contributed by atoms with Crippen LogP contribution in [0.15, 0.2) is 53.3 Å². The molecule has 29 heavy (non-hydrogen) atoms. The van der Waals surface area contributed by atoms with Crippen LogP contribution in [0.1, 0.15) is 23.0 Å². The second-order valence-corrected chi connectivity index (χ2v) is 6.44. The number of ether oxygens (including phenoxy) is 2. The molecule has 0 spiro atoms. The van der Waals surface area contributed by atoms with E-state index >= 15 is 0 Å². The molecule has 0 saturated heterocycles. The number of benzene rings is 2. The van der Waals surface area contributed by atoms with Crippen LogP contribution in [0.5, 0.6) is 5.75 Å². The zero-order valence-corrected chi connectivity index (χ0v) is 16.3. The summed E-state index contributed by atoms with van der Waals surface area (Å²) in [5, 5.41) is 7.46. The number of hydrogen-bond donors (Lipinski definition) is 1. The highest BCUT2D eigenvalue weighted by Gasteiger charge is 2.22. The molecule has 1 atom stereocenters. The molecule has 8 nitrogen and oxygen atoms in total. The van der Waals surface area contributed by atoms with Gasteiger partial charge in [-0.1, -0.05) is 30.3 Å². The predicted molar refractivity (Wildman–Crippen MR) is 107 cm³/mol. The van der Waals surface area contributed by atoms with Crippen molar-refractivity contribution < 1.29 is 19.1 Å². The fourth-order valence-electron chi connectivity index (χ4n) is 2.80. The molecule has 2 aromatic carbocycles. The highest BCUT2D eigenvalue weighted by molar-refractivity contribution is 6.02. The number of nitrogens with one attached hydrogen (secondary N) is 1. The van der Waals surface area contributed by atoms with E-state index in [0.717, 1.165) is 16.0 Å². The molecule has 0 aliphatic carbocycles. The Balaban J connectivity index is 1.68. The minimum atomic E-state index is -1.03. The van der Waals surface area contributed by atoms with Gasteiger partial charge in [0.15, 0.2) is 11.8 Å². The molecule has 0 aliphatic heterocycles. The maximum Gasteiger partial charge on any atom is 0.360 e. The molecular weight excluding hydrogens is 374 g/mol. The lowest BCUT2D eigenvalue weighted by molar-refractivity contribution is -0.129. The van der Waals surface area contributed by atoms with Crippen LogP contribution in [-0.4, -0.2) is 34.9 Å². The molecule has 3 aromatic rings. The molecule has 1 N–H and O–H groups in total. The summed E-state index contributed by atoms with van der Waals surface area (Å²) in [4.78, 5) is 37.1. The number of nitrogens with zero attached hydrogens (tertiary/aromatic N) is 2. The number of hydrogen-bond acceptors (Lipinski definition) is 6. The Bertz CT molecular complexity index is 1110. The Labute approximate surface area is 167 Å². The van der Waals surface area contributed by atoms with Crippen LogP contribution < -0.4 is 15.6 Å². The number of methoxy groups -OCH3 is 1. The van der Waals surface area contributed by atoms with Crippen molar-refractivity contribution in [3.63, 3.8) is 0 Å². The molecule has 1 amide bonds. The normalized spacial score (nSPS) is 11.7. The van der Waals surface area contributed by atoms with Crippen LogP contribution in [0, 0.1) is 0 Å². The Hall–Kier alpha value is -3.68. The van der Waals surface area contributed by atoms with Crippen molar-refractivity contribution >= 4 is 22.6 Å². The van der Waals surface area contributed by atoms with Crippen molar-refractivity contribution in [3.8, 4) is 5.75 Å². The van der Waals surface area contributed by atoms with E-state index in [1.807, 2.05) is 12.1 Å². The first-order valence-electron chi connectivity index (χ1n) is 8.98. The van der Waals surface area contributed by atoms with Gasteiger partial charge in [0.05, 0.1) is 12.5 Å². The quantitative estimate of drug-likeness (QED) is 0.639. The van der Waals surface area contributed by atoms with Crippen molar-refractivity contribution in [3.05, 3.63) is 70.1 Å². The van der Waals surface area contributed by atoms with E-state index in [-0.39, 0.29) is 17.8 Å². The van der Waals surface area contributed by atoms with Gasteiger partial charge < -0.3 is 14.8 Å². The first-order valence-corrected chi connectivity index (χ1v) is 8.98. The van der Waals surface area contributed by atoms with Gasteiger partial charge in [-0.05, 0) is 30.7 Å². The SMILES string of the molecule is COc1ccc(CNC(=O)[C@@H](C)OC(=O)c2nn(C)c(=O)c3ccccc23)cc1. The van der Waals surface area contributed by atoms with Crippen molar-refractivity contribution in [2.75, 3.05) is 7.11 Å². The van der Waals surface area contributed by atoms with Crippen LogP contribution in [0.2, 0.25) is 0 Å². The Kier molecular flexibility index (Phi) is 5.92. The van der Waals surface area contributed by atoms with Crippen molar-refractivity contribution in [1.29, 1.82) is 0 Å². The molecule has 0 bridgehead atoms. The van der Waals surface area contributed by atoms with Gasteiger partial charge in [0, 0.05) is 19.0 Å². The predicted octanol–water partition coefficient (Wildman–Crippen LogP) is 1.80. The van der Waals surface area contributed by atoms with Gasteiger partial charge in [0.1, 0.15) is 5.75 Å². The van der Waals surface area contributed by atoms with E-state index in [0.29, 0.717) is 10.8 Å². The number of carbonyl (C=O) groups excluding carboxylic acids is 2. The average Bonchev–Trinajstić information content (AvgIpc) is 2.74. The van der Waals surface area contributed by atoms with Crippen molar-refractivity contribution in [2.45, 2.75) is 19.6 Å². The number of amides is 1. The molecule has 150 valence electrons. The number of aryl methyl sites for hydroxylation is 1. The van der Waals surface area contributed by atoms with Gasteiger partial charge in [-0.2, -0.15) is 5.10 Å². The Morgan fingerprint density at radius 2 is 1.76 bits per heavy atom. The summed E-state index contributed by atoms with van der Waals surface area (Å²) in [6.07, 6.45) is -1.03. The largest absolute Gasteiger partial charge is 0.497 e. The van der Waals surface area contributed by atoms with Crippen LogP contribution in [0.4, 0.5) is 0 Å². The maximum absolute atomic E-state index is 12.6. The summed E-state index contributed by atoms with van der Waals surface area (Å²) in [6, 6.07) is 13.9. The van der Waals surface area contributed by atoms with Crippen LogP contribution in [0.3, 0.4) is 0 Å². The lowest BCUT2D eigenvalue weighted by Crippen LogP contribution is -2.36. The summed E-state index contributed by atoms with van der Waals surface area (Å²) in [6.45, 7) is 1.76. The van der Waals surface area contributed by atoms with Crippen molar-refractivity contribution in [1.82, 2.24) is 15.1 Å². The van der Waals surface area contributed by atoms with Gasteiger partial charge >= 0.3 is 5.97 Å². The zero-order chi connectivity index (χ0) is 21.0. The van der Waals surface area contributed by atoms with E-state index in [2.05, 4.69) is 10.4 Å². The molecule has 0 unspecified atom stereocenters. The highest BCUT2D eigenvalue weighted by Crippen LogP contribution is 2.15. The third-order valence-electron chi connectivity index (χ3n) is 4.43. The number of rotatable bonds is 6. The number of carbonyl (C=O) groups is 2. The monoisotopic (exact) mass is 395 g/mol. The minimum Gasteiger partial charge on any atom is -0.497 e. The van der Waals surface area contributed by atoms with Crippen molar-refractivity contribution in [2.24, 2.45) is 7.05 Å². The van der Waals surface area contributed by atoms with E-state index < -0.39 is 18.0 Å². The second kappa shape index (κ2) is 8.55. The molecule has 1 heterocycles. The molecule has 0 saturated carbocycles. The molecule has 1 aromatic heterocycles. The summed E-state index contributed by atoms with van der Waals surface area (Å²) in [7, 11) is 3.03. The van der Waals surface area contributed by atoms with E-state index in [4.69, 9.17) is 9.47 Å². The lowest BCUT2D eigenvalue weighted by Gasteiger charge is -2.14. The van der Waals surface area contributed by atoms with Gasteiger partial charge in [-0.3, -0.25) is 9.59 Å². The molecule has 0 radical (unpaired) electrons. The molecule has 0 aliphatic rings. The van der Waals surface area contributed by atoms with Crippen LogP contribution in [0.25, 0.3) is 10.8 Å². The average molecular weight is 395 g/mol. The highest BCUT2D eigenvalue weighted by atomic mass is 16.5. The third kappa shape index (κ3) is 4.43. The summed E-state index contributed by atoms with van der Waals surface area (Å²) in [5.74, 6) is -0.494. The fourth-order valence-corrected chi connectivity index (χ4v) is 2.80. The standard InChI is InChI=1S/C21H21N3O5/c1-13(19(25)22-12-14-8-10-15(28-3)11-9-14)29-21(27)18-16-6-4-5-7-17(16)20(26)24(2)23-18/h4-11,13H,12H2,1-3H3,(H,22,25)/t13-/m1/s1. The summed E-state index contributed by atoms with van der Waals surface area (Å²) >= 11 is 0. The first kappa shape index (κ1) is 20.1. The molecule has 0 fully saturated rings. The molecule has 3 rings (SSSR count). The van der Waals surface area contributed by atoms with Crippen LogP contribution >= 0.6 is 0 Å². The van der Waals surface area contributed by atoms with Crippen LogP contribution in [-0.2, 0) is 23.1 Å². The molecular formula is C21H21N3O5. The molecule has 8 heteroatoms.